The van der Waals surface area contributed by atoms with Crippen molar-refractivity contribution >= 4 is 45.1 Å². The van der Waals surface area contributed by atoms with E-state index in [2.05, 4.69) is 10.5 Å². The van der Waals surface area contributed by atoms with E-state index in [-0.39, 0.29) is 33.6 Å². The molecule has 0 fully saturated rings. The Balaban J connectivity index is 1.41. The van der Waals surface area contributed by atoms with E-state index in [0.717, 1.165) is 9.87 Å². The lowest BCUT2D eigenvalue weighted by molar-refractivity contribution is -0.384. The number of halogens is 1. The second-order valence-electron chi connectivity index (χ2n) is 8.72. The van der Waals surface area contributed by atoms with Crippen LogP contribution in [-0.4, -0.2) is 39.1 Å². The van der Waals surface area contributed by atoms with Crippen molar-refractivity contribution in [3.63, 3.8) is 0 Å². The van der Waals surface area contributed by atoms with Gasteiger partial charge in [0.25, 0.3) is 21.6 Å². The molecule has 0 saturated carbocycles. The molecule has 0 aliphatic heterocycles. The number of hydrazone groups is 1. The summed E-state index contributed by atoms with van der Waals surface area (Å²) in [5.41, 5.74) is 3.86. The van der Waals surface area contributed by atoms with E-state index in [1.165, 1.54) is 49.7 Å². The fraction of sp³-hybridized carbons (Fsp3) is 0.103. The fourth-order valence-electron chi connectivity index (χ4n) is 3.75. The van der Waals surface area contributed by atoms with Gasteiger partial charge in [-0.25, -0.2) is 13.8 Å². The summed E-state index contributed by atoms with van der Waals surface area (Å²) >= 11 is 6.15. The number of carbonyl (C=O) groups is 1. The molecule has 0 aliphatic rings. The molecule has 0 aliphatic carbocycles. The molecule has 1 N–H and O–H groups in total. The molecule has 11 nitrogen and oxygen atoms in total. The van der Waals surface area contributed by atoms with Crippen LogP contribution in [0.25, 0.3) is 0 Å². The summed E-state index contributed by atoms with van der Waals surface area (Å²) in [5, 5.41) is 15.0. The van der Waals surface area contributed by atoms with Gasteiger partial charge in [0.2, 0.25) is 0 Å². The Kier molecular flexibility index (Phi) is 9.73. The highest BCUT2D eigenvalue weighted by molar-refractivity contribution is 7.92. The molecule has 0 unspecified atom stereocenters. The van der Waals surface area contributed by atoms with Gasteiger partial charge in [-0.3, -0.25) is 19.2 Å². The van der Waals surface area contributed by atoms with Crippen LogP contribution >= 0.6 is 11.6 Å². The van der Waals surface area contributed by atoms with E-state index in [1.54, 1.807) is 60.7 Å². The van der Waals surface area contributed by atoms with Crippen LogP contribution in [0.3, 0.4) is 0 Å². The summed E-state index contributed by atoms with van der Waals surface area (Å²) in [5.74, 6) is 0.0775. The molecule has 4 rings (SSSR count). The Morgan fingerprint density at radius 1 is 1.02 bits per heavy atom. The van der Waals surface area contributed by atoms with Gasteiger partial charge in [-0.1, -0.05) is 29.8 Å². The third-order valence-electron chi connectivity index (χ3n) is 5.86. The quantitative estimate of drug-likeness (QED) is 0.133. The molecule has 13 heteroatoms. The summed E-state index contributed by atoms with van der Waals surface area (Å²) in [6, 6.07) is 25.1. The van der Waals surface area contributed by atoms with Gasteiger partial charge in [-0.15, -0.1) is 0 Å². The number of non-ortho nitro benzene ring substituents is 1. The van der Waals surface area contributed by atoms with Crippen LogP contribution in [0.1, 0.15) is 11.1 Å². The minimum Gasteiger partial charge on any atom is -0.495 e. The van der Waals surface area contributed by atoms with Crippen LogP contribution in [0.5, 0.6) is 11.5 Å². The smallest absolute Gasteiger partial charge is 0.269 e. The second-order valence-corrected chi connectivity index (χ2v) is 11.0. The van der Waals surface area contributed by atoms with Crippen molar-refractivity contribution in [3.05, 3.63) is 123 Å². The summed E-state index contributed by atoms with van der Waals surface area (Å²) < 4.78 is 39.0. The van der Waals surface area contributed by atoms with Gasteiger partial charge in [0, 0.05) is 17.2 Å². The number of hydrogen-bond acceptors (Lipinski definition) is 8. The predicted molar refractivity (Wildman–Crippen MR) is 159 cm³/mol. The molecular weight excluding hydrogens is 584 g/mol. The average molecular weight is 609 g/mol. The maximum absolute atomic E-state index is 13.5. The van der Waals surface area contributed by atoms with Crippen LogP contribution < -0.4 is 19.2 Å². The number of rotatable bonds is 12. The zero-order valence-electron chi connectivity index (χ0n) is 22.2. The zero-order chi connectivity index (χ0) is 30.1. The number of anilines is 1. The maximum Gasteiger partial charge on any atom is 0.269 e. The van der Waals surface area contributed by atoms with Gasteiger partial charge in [-0.2, -0.15) is 5.10 Å². The van der Waals surface area contributed by atoms with Gasteiger partial charge in [0.05, 0.1) is 28.8 Å². The molecule has 1 amide bonds. The normalized spacial score (nSPS) is 11.2. The number of nitro groups is 1. The zero-order valence-corrected chi connectivity index (χ0v) is 23.8. The Labute approximate surface area is 247 Å². The Bertz CT molecular complexity index is 1680. The second kappa shape index (κ2) is 13.6. The first-order valence-electron chi connectivity index (χ1n) is 12.4. The highest BCUT2D eigenvalue weighted by Gasteiger charge is 2.29. The monoisotopic (exact) mass is 608 g/mol. The van der Waals surface area contributed by atoms with Gasteiger partial charge in [-0.05, 0) is 77.9 Å². The molecule has 0 saturated heterocycles. The summed E-state index contributed by atoms with van der Waals surface area (Å²) in [7, 11) is -2.79. The largest absolute Gasteiger partial charge is 0.495 e. The number of nitrogens with one attached hydrogen (secondary N) is 1. The number of carbonyl (C=O) groups excluding carboxylic acids is 1. The number of sulfonamides is 1. The van der Waals surface area contributed by atoms with Crippen LogP contribution in [0.15, 0.2) is 107 Å². The van der Waals surface area contributed by atoms with Crippen LogP contribution in [-0.2, 0) is 21.4 Å². The fourth-order valence-corrected chi connectivity index (χ4v) is 5.36. The number of hydrogen-bond donors (Lipinski definition) is 1. The van der Waals surface area contributed by atoms with E-state index in [9.17, 15) is 23.3 Å². The number of methoxy groups -OCH3 is 1. The highest BCUT2D eigenvalue weighted by Crippen LogP contribution is 2.34. The molecule has 0 spiro atoms. The third-order valence-corrected chi connectivity index (χ3v) is 7.87. The first kappa shape index (κ1) is 30.0. The summed E-state index contributed by atoms with van der Waals surface area (Å²) in [6.45, 7) is -0.373. The van der Waals surface area contributed by atoms with E-state index in [4.69, 9.17) is 21.1 Å². The number of nitrogens with zero attached hydrogens (tertiary/aromatic N) is 3. The van der Waals surface area contributed by atoms with Gasteiger partial charge in [0.1, 0.15) is 24.7 Å². The molecule has 42 heavy (non-hydrogen) atoms. The van der Waals surface area contributed by atoms with Crippen LogP contribution in [0.4, 0.5) is 11.4 Å². The molecule has 4 aromatic carbocycles. The van der Waals surface area contributed by atoms with Gasteiger partial charge in [0.15, 0.2) is 0 Å². The first-order valence-corrected chi connectivity index (χ1v) is 14.2. The van der Waals surface area contributed by atoms with Crippen molar-refractivity contribution in [1.29, 1.82) is 0 Å². The van der Waals surface area contributed by atoms with Crippen molar-refractivity contribution in [2.45, 2.75) is 11.5 Å². The molecule has 4 aromatic rings. The van der Waals surface area contributed by atoms with Crippen molar-refractivity contribution in [3.8, 4) is 11.5 Å². The van der Waals surface area contributed by atoms with Crippen LogP contribution in [0.2, 0.25) is 5.02 Å². The van der Waals surface area contributed by atoms with E-state index < -0.39 is 27.4 Å². The number of benzene rings is 4. The van der Waals surface area contributed by atoms with Crippen molar-refractivity contribution in [1.82, 2.24) is 5.43 Å². The number of ether oxygens (including phenoxy) is 2. The van der Waals surface area contributed by atoms with E-state index in [1.807, 2.05) is 0 Å². The van der Waals surface area contributed by atoms with Crippen molar-refractivity contribution < 1.29 is 27.6 Å². The van der Waals surface area contributed by atoms with Gasteiger partial charge < -0.3 is 9.47 Å². The standard InChI is InChI=1S/C29H25ClN4O7S/c1-40-28-16-11-23(30)17-27(28)33(42(38,39)26-5-3-2-4-6-26)19-29(35)32-31-18-21-9-14-25(15-10-21)41-20-22-7-12-24(13-8-22)34(36)37/h2-18H,19-20H2,1H3,(H,32,35)/b31-18+. The highest BCUT2D eigenvalue weighted by atomic mass is 35.5. The lowest BCUT2D eigenvalue weighted by Crippen LogP contribution is -2.39. The topological polar surface area (TPSA) is 140 Å². The molecule has 0 aromatic heterocycles. The molecule has 0 heterocycles. The van der Waals surface area contributed by atoms with Crippen LogP contribution in [0, 0.1) is 10.1 Å². The molecular formula is C29H25ClN4O7S. The first-order chi connectivity index (χ1) is 20.2. The van der Waals surface area contributed by atoms with E-state index in [0.29, 0.717) is 11.3 Å². The third kappa shape index (κ3) is 7.62. The molecule has 0 bridgehead atoms. The minimum absolute atomic E-state index is 0.00389. The summed E-state index contributed by atoms with van der Waals surface area (Å²) in [6.07, 6.45) is 1.40. The molecule has 216 valence electrons. The average Bonchev–Trinajstić information content (AvgIpc) is 3.00. The lowest BCUT2D eigenvalue weighted by atomic mass is 10.2. The Hall–Kier alpha value is -4.94. The summed E-state index contributed by atoms with van der Waals surface area (Å²) in [4.78, 5) is 23.1. The molecule has 0 atom stereocenters. The van der Waals surface area contributed by atoms with Crippen molar-refractivity contribution in [2.24, 2.45) is 5.10 Å². The lowest BCUT2D eigenvalue weighted by Gasteiger charge is -2.25. The minimum atomic E-state index is -4.17. The molecule has 0 radical (unpaired) electrons. The van der Waals surface area contributed by atoms with E-state index >= 15 is 0 Å². The maximum atomic E-state index is 13.5. The Morgan fingerprint density at radius 2 is 1.71 bits per heavy atom. The van der Waals surface area contributed by atoms with Crippen molar-refractivity contribution in [2.75, 3.05) is 18.0 Å². The Morgan fingerprint density at radius 3 is 2.36 bits per heavy atom. The number of nitro benzene ring substituents is 1. The predicted octanol–water partition coefficient (Wildman–Crippen LogP) is 5.18. The number of amides is 1. The van der Waals surface area contributed by atoms with Gasteiger partial charge >= 0.3 is 0 Å². The SMILES string of the molecule is COc1ccc(Cl)cc1N(CC(=O)N/N=C/c1ccc(OCc2ccc([N+](=O)[O-])cc2)cc1)S(=O)(=O)c1ccccc1.